The highest BCUT2D eigenvalue weighted by Gasteiger charge is 2.33. The smallest absolute Gasteiger partial charge is 0.157 e. The van der Waals surface area contributed by atoms with Crippen molar-refractivity contribution in [2.24, 2.45) is 11.8 Å². The number of nitriles is 2. The van der Waals surface area contributed by atoms with Gasteiger partial charge in [-0.3, -0.25) is 9.88 Å². The molecule has 9 nitrogen and oxygen atoms in total. The molecular weight excluding hydrogens is 428 g/mol. The molecule has 0 saturated carbocycles. The highest BCUT2D eigenvalue weighted by molar-refractivity contribution is 5.54. The van der Waals surface area contributed by atoms with Crippen LogP contribution in [0.15, 0.2) is 30.6 Å². The van der Waals surface area contributed by atoms with Crippen LogP contribution in [0.3, 0.4) is 0 Å². The molecule has 2 saturated heterocycles. The topological polar surface area (TPSA) is 117 Å². The lowest BCUT2D eigenvalue weighted by Crippen LogP contribution is -2.37. The average Bonchev–Trinajstić information content (AvgIpc) is 3.45. The molecule has 0 spiro atoms. The minimum atomic E-state index is -0.873. The number of rotatable bonds is 4. The molecule has 0 amide bonds. The molecule has 3 aromatic heterocycles. The van der Waals surface area contributed by atoms with Crippen LogP contribution in [0.4, 0.5) is 5.82 Å². The highest BCUT2D eigenvalue weighted by atomic mass is 16.3. The molecule has 0 radical (unpaired) electrons. The van der Waals surface area contributed by atoms with Crippen molar-refractivity contribution in [1.29, 1.82) is 10.5 Å². The van der Waals surface area contributed by atoms with E-state index in [4.69, 9.17) is 15.3 Å². The first-order valence-electron chi connectivity index (χ1n) is 11.8. The molecule has 9 heteroatoms. The lowest BCUT2D eigenvalue weighted by molar-refractivity contribution is -0.0482. The van der Waals surface area contributed by atoms with E-state index in [0.717, 1.165) is 55.1 Å². The zero-order valence-electron chi connectivity index (χ0n) is 19.5. The Balaban J connectivity index is 1.44. The van der Waals surface area contributed by atoms with Crippen molar-refractivity contribution in [3.05, 3.63) is 53.1 Å². The van der Waals surface area contributed by atoms with Gasteiger partial charge in [-0.25, -0.2) is 9.50 Å². The fourth-order valence-electron chi connectivity index (χ4n) is 5.17. The minimum absolute atomic E-state index is 0.0195. The van der Waals surface area contributed by atoms with E-state index in [2.05, 4.69) is 28.9 Å². The van der Waals surface area contributed by atoms with Gasteiger partial charge in [-0.1, -0.05) is 13.3 Å². The predicted molar refractivity (Wildman–Crippen MR) is 125 cm³/mol. The van der Waals surface area contributed by atoms with Gasteiger partial charge >= 0.3 is 0 Å². The van der Waals surface area contributed by atoms with Crippen molar-refractivity contribution in [1.82, 2.24) is 24.5 Å². The van der Waals surface area contributed by atoms with E-state index < -0.39 is 6.23 Å². The minimum Gasteiger partial charge on any atom is -0.372 e. The number of pyridine rings is 1. The zero-order valence-corrected chi connectivity index (χ0v) is 19.5. The van der Waals surface area contributed by atoms with Gasteiger partial charge in [-0.15, -0.1) is 0 Å². The summed E-state index contributed by atoms with van der Waals surface area (Å²) in [6.45, 7) is 6.40. The Bertz CT molecular complexity index is 1270. The van der Waals surface area contributed by atoms with Crippen LogP contribution in [-0.4, -0.2) is 49.2 Å². The summed E-state index contributed by atoms with van der Waals surface area (Å²) in [5.41, 5.74) is 3.66. The summed E-state index contributed by atoms with van der Waals surface area (Å²) in [5.74, 6) is 1.24. The first-order valence-corrected chi connectivity index (χ1v) is 11.8. The molecule has 34 heavy (non-hydrogen) atoms. The van der Waals surface area contributed by atoms with Crippen molar-refractivity contribution >= 4 is 11.5 Å². The van der Waals surface area contributed by atoms with Crippen molar-refractivity contribution in [3.8, 4) is 12.1 Å². The van der Waals surface area contributed by atoms with Gasteiger partial charge in [0, 0.05) is 43.7 Å². The van der Waals surface area contributed by atoms with Crippen LogP contribution in [0.25, 0.3) is 5.65 Å². The highest BCUT2D eigenvalue weighted by Crippen LogP contribution is 2.36. The number of likely N-dealkylation sites (tertiary alicyclic amines) is 1. The van der Waals surface area contributed by atoms with E-state index in [1.807, 2.05) is 28.6 Å². The zero-order chi connectivity index (χ0) is 23.8. The Hall–Kier alpha value is -3.53. The van der Waals surface area contributed by atoms with Gasteiger partial charge in [0.15, 0.2) is 11.9 Å². The SMILES string of the molecule is Cc1cn2nc([C@@H]3CCCCN3C(O)c3ccc(C#N)cn3)cc2nc1N1C[C@@H](C#N)[C@@H](C)C1. The molecular formula is C25H28N8O. The summed E-state index contributed by atoms with van der Waals surface area (Å²) in [6, 6.07) is 9.82. The number of nitrogens with zero attached hydrogens (tertiary/aromatic N) is 8. The Morgan fingerprint density at radius 1 is 1.21 bits per heavy atom. The number of hydrogen-bond acceptors (Lipinski definition) is 8. The van der Waals surface area contributed by atoms with Crippen molar-refractivity contribution in [2.75, 3.05) is 24.5 Å². The standard InChI is InChI=1S/C25H28N8O/c1-16-13-31(15-19(16)11-27)24-17(2)14-33-23(29-24)9-21(30-33)22-5-3-4-8-32(22)25(34)20-7-6-18(10-26)12-28-20/h6-7,9,12,14,16,19,22,25,34H,3-5,8,13,15H2,1-2H3/t16-,19+,22-,25?/m0/s1. The van der Waals surface area contributed by atoms with Gasteiger partial charge in [-0.05, 0) is 37.8 Å². The molecule has 3 aromatic rings. The van der Waals surface area contributed by atoms with E-state index in [9.17, 15) is 10.4 Å². The third-order valence-corrected chi connectivity index (χ3v) is 7.08. The number of aromatic nitrogens is 4. The third-order valence-electron chi connectivity index (χ3n) is 7.08. The Kier molecular flexibility index (Phi) is 5.91. The van der Waals surface area contributed by atoms with E-state index in [1.165, 1.54) is 6.20 Å². The monoisotopic (exact) mass is 456 g/mol. The Morgan fingerprint density at radius 3 is 2.76 bits per heavy atom. The fourth-order valence-corrected chi connectivity index (χ4v) is 5.17. The second-order valence-corrected chi connectivity index (χ2v) is 9.44. The molecule has 1 N–H and O–H groups in total. The van der Waals surface area contributed by atoms with Gasteiger partial charge in [0.2, 0.25) is 0 Å². The average molecular weight is 457 g/mol. The summed E-state index contributed by atoms with van der Waals surface area (Å²) in [6.07, 6.45) is 5.55. The Morgan fingerprint density at radius 2 is 2.06 bits per heavy atom. The second-order valence-electron chi connectivity index (χ2n) is 9.44. The van der Waals surface area contributed by atoms with Crippen LogP contribution in [-0.2, 0) is 0 Å². The first kappa shape index (κ1) is 22.3. The largest absolute Gasteiger partial charge is 0.372 e. The summed E-state index contributed by atoms with van der Waals surface area (Å²) >= 11 is 0. The number of hydrogen-bond donors (Lipinski definition) is 1. The molecule has 4 atom stereocenters. The van der Waals surface area contributed by atoms with E-state index >= 15 is 0 Å². The van der Waals surface area contributed by atoms with Crippen LogP contribution in [0.5, 0.6) is 0 Å². The van der Waals surface area contributed by atoms with Crippen LogP contribution >= 0.6 is 0 Å². The maximum absolute atomic E-state index is 11.1. The van der Waals surface area contributed by atoms with Gasteiger partial charge < -0.3 is 10.0 Å². The molecule has 5 heterocycles. The fraction of sp³-hybridized carbons (Fsp3) is 0.480. The van der Waals surface area contributed by atoms with E-state index in [1.54, 1.807) is 12.1 Å². The molecule has 174 valence electrons. The van der Waals surface area contributed by atoms with Crippen LogP contribution in [0.1, 0.15) is 61.0 Å². The molecule has 0 aliphatic carbocycles. The normalized spacial score (nSPS) is 24.1. The number of fused-ring (bicyclic) bond motifs is 1. The van der Waals surface area contributed by atoms with Gasteiger partial charge in [-0.2, -0.15) is 15.6 Å². The molecule has 2 aliphatic heterocycles. The quantitative estimate of drug-likeness (QED) is 0.636. The molecule has 2 fully saturated rings. The molecule has 0 aromatic carbocycles. The number of anilines is 1. The summed E-state index contributed by atoms with van der Waals surface area (Å²) in [4.78, 5) is 13.5. The second kappa shape index (κ2) is 9.02. The van der Waals surface area contributed by atoms with Crippen molar-refractivity contribution < 1.29 is 5.11 Å². The van der Waals surface area contributed by atoms with Crippen molar-refractivity contribution in [3.63, 3.8) is 0 Å². The maximum Gasteiger partial charge on any atom is 0.157 e. The van der Waals surface area contributed by atoms with Crippen LogP contribution < -0.4 is 4.90 Å². The van der Waals surface area contributed by atoms with Gasteiger partial charge in [0.1, 0.15) is 11.9 Å². The molecule has 0 bridgehead atoms. The van der Waals surface area contributed by atoms with E-state index in [-0.39, 0.29) is 12.0 Å². The third kappa shape index (κ3) is 3.98. The number of aliphatic hydroxyl groups is 1. The number of aryl methyl sites for hydroxylation is 1. The summed E-state index contributed by atoms with van der Waals surface area (Å²) in [7, 11) is 0. The first-order chi connectivity index (χ1) is 16.5. The predicted octanol–water partition coefficient (Wildman–Crippen LogP) is 3.12. The summed E-state index contributed by atoms with van der Waals surface area (Å²) < 4.78 is 1.81. The van der Waals surface area contributed by atoms with Gasteiger partial charge in [0.25, 0.3) is 0 Å². The lowest BCUT2D eigenvalue weighted by atomic mass is 9.98. The van der Waals surface area contributed by atoms with Crippen molar-refractivity contribution in [2.45, 2.75) is 45.4 Å². The molecule has 5 rings (SSSR count). The Labute approximate surface area is 198 Å². The summed E-state index contributed by atoms with van der Waals surface area (Å²) in [5, 5.41) is 34.4. The van der Waals surface area contributed by atoms with Gasteiger partial charge in [0.05, 0.1) is 35.0 Å². The lowest BCUT2D eigenvalue weighted by Gasteiger charge is -2.37. The maximum atomic E-state index is 11.1. The van der Waals surface area contributed by atoms with Crippen LogP contribution in [0, 0.1) is 41.4 Å². The number of aliphatic hydroxyl groups excluding tert-OH is 1. The molecule has 1 unspecified atom stereocenters. The van der Waals surface area contributed by atoms with E-state index in [0.29, 0.717) is 23.7 Å². The molecule has 2 aliphatic rings. The van der Waals surface area contributed by atoms with Crippen LogP contribution in [0.2, 0.25) is 0 Å². The number of piperidine rings is 1.